The minimum atomic E-state index is -1.34. The van der Waals surface area contributed by atoms with Crippen molar-refractivity contribution in [2.45, 2.75) is 44.6 Å². The molecule has 0 saturated heterocycles. The molecule has 0 spiro atoms. The summed E-state index contributed by atoms with van der Waals surface area (Å²) in [7, 11) is 0. The molecular weight excluding hydrogens is 418 g/mol. The van der Waals surface area contributed by atoms with E-state index < -0.39 is 54.7 Å². The fourth-order valence-electron chi connectivity index (χ4n) is 3.01. The number of primary amides is 1. The first-order valence-corrected chi connectivity index (χ1v) is 10.1. The minimum Gasteiger partial charge on any atom is -0.443 e. The molecule has 4 amide bonds. The third kappa shape index (κ3) is 7.06. The predicted octanol–water partition coefficient (Wildman–Crippen LogP) is -0.636. The summed E-state index contributed by atoms with van der Waals surface area (Å²) >= 11 is 0. The standard InChI is InChI=1S/C21H29N5O6/c1-11(2)17(23)20(30)26-14-8-12(19(29)24-10-16(22)27)9-15(18(14)28)32-21(31)25-13-6-4-3-5-7-13/h3-8,11,14-15,17-18,28H,9-10,23H2,1-2H3,(H2,22,27)(H,24,29)(H,25,31)(H,26,30). The van der Waals surface area contributed by atoms with Crippen LogP contribution >= 0.6 is 0 Å². The number of anilines is 1. The molecule has 0 fully saturated rings. The molecule has 0 aromatic heterocycles. The quantitative estimate of drug-likeness (QED) is 0.306. The highest BCUT2D eigenvalue weighted by atomic mass is 16.6. The van der Waals surface area contributed by atoms with Gasteiger partial charge in [0.05, 0.1) is 18.6 Å². The smallest absolute Gasteiger partial charge is 0.411 e. The van der Waals surface area contributed by atoms with E-state index in [1.807, 2.05) is 0 Å². The number of nitrogens with two attached hydrogens (primary N) is 2. The molecule has 1 aliphatic rings. The summed E-state index contributed by atoms with van der Waals surface area (Å²) in [6.07, 6.45) is -2.13. The van der Waals surface area contributed by atoms with Crippen LogP contribution in [0.3, 0.4) is 0 Å². The van der Waals surface area contributed by atoms with Gasteiger partial charge in [-0.15, -0.1) is 0 Å². The van der Waals surface area contributed by atoms with E-state index in [-0.39, 0.29) is 17.9 Å². The fraction of sp³-hybridized carbons (Fsp3) is 0.429. The lowest BCUT2D eigenvalue weighted by atomic mass is 9.89. The molecule has 1 aromatic carbocycles. The highest BCUT2D eigenvalue weighted by Gasteiger charge is 2.38. The van der Waals surface area contributed by atoms with Crippen LogP contribution in [0.15, 0.2) is 42.0 Å². The number of carbonyl (C=O) groups excluding carboxylic acids is 4. The van der Waals surface area contributed by atoms with Gasteiger partial charge in [0.25, 0.3) is 0 Å². The van der Waals surface area contributed by atoms with Crippen molar-refractivity contribution in [1.29, 1.82) is 0 Å². The Bertz CT molecular complexity index is 873. The van der Waals surface area contributed by atoms with E-state index in [0.717, 1.165) is 0 Å². The van der Waals surface area contributed by atoms with Gasteiger partial charge in [0.15, 0.2) is 0 Å². The summed E-state index contributed by atoms with van der Waals surface area (Å²) in [5, 5.41) is 18.2. The van der Waals surface area contributed by atoms with Crippen molar-refractivity contribution in [3.8, 4) is 0 Å². The molecule has 1 aliphatic carbocycles. The van der Waals surface area contributed by atoms with Crippen LogP contribution in [0, 0.1) is 5.92 Å². The third-order valence-corrected chi connectivity index (χ3v) is 4.87. The molecule has 11 nitrogen and oxygen atoms in total. The average Bonchev–Trinajstić information content (AvgIpc) is 2.74. The molecule has 11 heteroatoms. The number of amides is 4. The van der Waals surface area contributed by atoms with Gasteiger partial charge in [-0.3, -0.25) is 19.7 Å². The second kappa shape index (κ2) is 11.3. The molecule has 0 saturated carbocycles. The Kier molecular flexibility index (Phi) is 8.73. The normalized spacial score (nSPS) is 21.2. The molecule has 174 valence electrons. The van der Waals surface area contributed by atoms with Crippen LogP contribution in [0.4, 0.5) is 10.5 Å². The largest absolute Gasteiger partial charge is 0.443 e. The fourth-order valence-corrected chi connectivity index (χ4v) is 3.01. The third-order valence-electron chi connectivity index (χ3n) is 4.87. The van der Waals surface area contributed by atoms with Crippen molar-refractivity contribution in [3.05, 3.63) is 42.0 Å². The monoisotopic (exact) mass is 447 g/mol. The number of carbonyl (C=O) groups is 4. The zero-order chi connectivity index (χ0) is 23.8. The SMILES string of the molecule is CC(C)C(N)C(=O)NC1C=C(C(=O)NCC(N)=O)CC(OC(=O)Nc2ccccc2)C1O. The number of para-hydroxylation sites is 1. The summed E-state index contributed by atoms with van der Waals surface area (Å²) < 4.78 is 5.34. The van der Waals surface area contributed by atoms with Gasteiger partial charge in [-0.05, 0) is 18.1 Å². The summed E-state index contributed by atoms with van der Waals surface area (Å²) in [4.78, 5) is 48.1. The molecule has 32 heavy (non-hydrogen) atoms. The van der Waals surface area contributed by atoms with Gasteiger partial charge >= 0.3 is 6.09 Å². The number of nitrogens with one attached hydrogen (secondary N) is 3. The molecule has 0 heterocycles. The van der Waals surface area contributed by atoms with Crippen LogP contribution in [0.5, 0.6) is 0 Å². The van der Waals surface area contributed by atoms with Crippen LogP contribution in [0.2, 0.25) is 0 Å². The Balaban J connectivity index is 2.17. The number of aliphatic hydroxyl groups excluding tert-OH is 1. The van der Waals surface area contributed by atoms with Crippen molar-refractivity contribution in [3.63, 3.8) is 0 Å². The Morgan fingerprint density at radius 1 is 1.19 bits per heavy atom. The second-order valence-electron chi connectivity index (χ2n) is 7.77. The van der Waals surface area contributed by atoms with E-state index in [1.165, 1.54) is 6.08 Å². The van der Waals surface area contributed by atoms with E-state index >= 15 is 0 Å². The summed E-state index contributed by atoms with van der Waals surface area (Å²) in [5.41, 5.74) is 11.5. The number of hydrogen-bond donors (Lipinski definition) is 6. The van der Waals surface area contributed by atoms with Gasteiger partial charge in [0.1, 0.15) is 12.2 Å². The lowest BCUT2D eigenvalue weighted by Gasteiger charge is -2.34. The zero-order valence-electron chi connectivity index (χ0n) is 17.9. The second-order valence-corrected chi connectivity index (χ2v) is 7.77. The topological polar surface area (TPSA) is 186 Å². The van der Waals surface area contributed by atoms with Gasteiger partial charge in [-0.1, -0.05) is 38.1 Å². The van der Waals surface area contributed by atoms with E-state index in [4.69, 9.17) is 16.2 Å². The maximum absolute atomic E-state index is 12.4. The number of ether oxygens (including phenoxy) is 1. The Hall–Kier alpha value is -3.44. The van der Waals surface area contributed by atoms with Crippen molar-refractivity contribution >= 4 is 29.5 Å². The van der Waals surface area contributed by atoms with Crippen LogP contribution < -0.4 is 27.4 Å². The summed E-state index contributed by atoms with van der Waals surface area (Å²) in [6, 6.07) is 6.62. The van der Waals surface area contributed by atoms with E-state index in [0.29, 0.717) is 5.69 Å². The molecule has 4 atom stereocenters. The van der Waals surface area contributed by atoms with Crippen LogP contribution in [-0.2, 0) is 19.1 Å². The van der Waals surface area contributed by atoms with Crippen LogP contribution in [-0.4, -0.2) is 59.8 Å². The van der Waals surface area contributed by atoms with E-state index in [9.17, 15) is 24.3 Å². The van der Waals surface area contributed by atoms with Gasteiger partial charge in [-0.2, -0.15) is 0 Å². The average molecular weight is 447 g/mol. The van der Waals surface area contributed by atoms with Gasteiger partial charge < -0.3 is 31.9 Å². The van der Waals surface area contributed by atoms with E-state index in [2.05, 4.69) is 16.0 Å². The first kappa shape index (κ1) is 24.8. The molecule has 0 aliphatic heterocycles. The molecule has 8 N–H and O–H groups in total. The summed E-state index contributed by atoms with van der Waals surface area (Å²) in [6.45, 7) is 3.13. The van der Waals surface area contributed by atoms with Crippen molar-refractivity contribution < 1.29 is 29.0 Å². The van der Waals surface area contributed by atoms with Crippen molar-refractivity contribution in [2.75, 3.05) is 11.9 Å². The molecule has 0 bridgehead atoms. The number of rotatable bonds is 8. The first-order valence-electron chi connectivity index (χ1n) is 10.1. The van der Waals surface area contributed by atoms with Crippen LogP contribution in [0.25, 0.3) is 0 Å². The molecule has 1 aromatic rings. The predicted molar refractivity (Wildman–Crippen MR) is 116 cm³/mol. The minimum absolute atomic E-state index is 0.109. The number of aliphatic hydroxyl groups is 1. The number of hydrogen-bond acceptors (Lipinski definition) is 7. The Morgan fingerprint density at radius 2 is 1.84 bits per heavy atom. The summed E-state index contributed by atoms with van der Waals surface area (Å²) in [5.74, 6) is -2.08. The van der Waals surface area contributed by atoms with Gasteiger partial charge in [-0.25, -0.2) is 4.79 Å². The maximum Gasteiger partial charge on any atom is 0.411 e. The molecular formula is C21H29N5O6. The van der Waals surface area contributed by atoms with E-state index in [1.54, 1.807) is 44.2 Å². The molecule has 4 unspecified atom stereocenters. The van der Waals surface area contributed by atoms with Crippen LogP contribution in [0.1, 0.15) is 20.3 Å². The lowest BCUT2D eigenvalue weighted by molar-refractivity contribution is -0.125. The Labute approximate surface area is 185 Å². The zero-order valence-corrected chi connectivity index (χ0v) is 17.9. The number of benzene rings is 1. The van der Waals surface area contributed by atoms with Crippen molar-refractivity contribution in [1.82, 2.24) is 10.6 Å². The van der Waals surface area contributed by atoms with Crippen molar-refractivity contribution in [2.24, 2.45) is 17.4 Å². The lowest BCUT2D eigenvalue weighted by Crippen LogP contribution is -2.56. The maximum atomic E-state index is 12.4. The molecule has 0 radical (unpaired) electrons. The van der Waals surface area contributed by atoms with Gasteiger partial charge in [0, 0.05) is 17.7 Å². The molecule has 2 rings (SSSR count). The first-order chi connectivity index (χ1) is 15.1. The van der Waals surface area contributed by atoms with Gasteiger partial charge in [0.2, 0.25) is 17.7 Å². The highest BCUT2D eigenvalue weighted by molar-refractivity contribution is 5.96. The Morgan fingerprint density at radius 3 is 2.44 bits per heavy atom. The highest BCUT2D eigenvalue weighted by Crippen LogP contribution is 2.23.